The Morgan fingerprint density at radius 3 is 2.19 bits per heavy atom. The van der Waals surface area contributed by atoms with Gasteiger partial charge in [-0.1, -0.05) is 93.0 Å². The van der Waals surface area contributed by atoms with Crippen LogP contribution in [-0.2, 0) is 11.0 Å². The zero-order chi connectivity index (χ0) is 29.9. The highest BCUT2D eigenvalue weighted by Crippen LogP contribution is 2.37. The molecular weight excluding hydrogens is 558 g/mol. The molecule has 6 nitrogen and oxygen atoms in total. The maximum atomic E-state index is 7.20. The number of benzene rings is 2. The zero-order valence-electron chi connectivity index (χ0n) is 25.6. The van der Waals surface area contributed by atoms with Crippen LogP contribution in [0.4, 0.5) is 0 Å². The van der Waals surface area contributed by atoms with Crippen molar-refractivity contribution in [2.45, 2.75) is 51.7 Å². The summed E-state index contributed by atoms with van der Waals surface area (Å²) in [5.74, 6) is 0. The summed E-state index contributed by atoms with van der Waals surface area (Å²) in [7, 11) is 1.57. The average molecular weight is 600 g/mol. The zero-order valence-corrected chi connectivity index (χ0v) is 27.3. The van der Waals surface area contributed by atoms with E-state index in [1.807, 2.05) is 12.3 Å². The highest BCUT2D eigenvalue weighted by Gasteiger charge is 2.50. The topological polar surface area (TPSA) is 48.1 Å². The molecule has 0 spiro atoms. The Hall–Kier alpha value is -3.23. The van der Waals surface area contributed by atoms with E-state index >= 15 is 0 Å². The van der Waals surface area contributed by atoms with E-state index in [0.717, 1.165) is 41.8 Å². The molecule has 3 heterocycles. The Kier molecular flexibility index (Phi) is 9.04. The Bertz CT molecular complexity index is 1570. The molecule has 5 rings (SSSR count). The molecule has 0 aliphatic heterocycles. The molecule has 5 aromatic rings. The van der Waals surface area contributed by atoms with Gasteiger partial charge in [0.2, 0.25) is 0 Å². The number of hydrogen-bond acceptors (Lipinski definition) is 4. The summed E-state index contributed by atoms with van der Waals surface area (Å²) in [5.41, 5.74) is 3.00. The molecule has 0 radical (unpaired) electrons. The first-order valence-corrected chi connectivity index (χ1v) is 17.0. The van der Waals surface area contributed by atoms with Gasteiger partial charge < -0.3 is 13.9 Å². The second-order valence-electron chi connectivity index (χ2n) is 12.4. The van der Waals surface area contributed by atoms with Gasteiger partial charge in [-0.25, -0.2) is 4.98 Å². The molecule has 0 fully saturated rings. The second-order valence-corrected chi connectivity index (χ2v) is 17.0. The van der Waals surface area contributed by atoms with Crippen LogP contribution in [0, 0.1) is 0 Å². The number of hydrogen-bond donors (Lipinski definition) is 0. The third-order valence-corrected chi connectivity index (χ3v) is 13.4. The monoisotopic (exact) mass is 599 g/mol. The van der Waals surface area contributed by atoms with Crippen molar-refractivity contribution in [1.29, 1.82) is 0 Å². The molecule has 0 N–H and O–H groups in total. The maximum Gasteiger partial charge on any atom is 0.261 e. The average Bonchev–Trinajstić information content (AvgIpc) is 3.58. The summed E-state index contributed by atoms with van der Waals surface area (Å²) < 4.78 is 11.6. The molecule has 42 heavy (non-hydrogen) atoms. The number of rotatable bonds is 11. The first-order valence-electron chi connectivity index (χ1n) is 14.7. The molecule has 0 aliphatic rings. The van der Waals surface area contributed by atoms with Crippen LogP contribution in [-0.4, -0.2) is 59.8 Å². The quantitative estimate of drug-likeness (QED) is 0.126. The van der Waals surface area contributed by atoms with E-state index in [1.165, 1.54) is 10.4 Å². The molecule has 0 saturated heterocycles. The van der Waals surface area contributed by atoms with E-state index < -0.39 is 8.32 Å². The van der Waals surface area contributed by atoms with Gasteiger partial charge in [0.15, 0.2) is 0 Å². The van der Waals surface area contributed by atoms with Crippen molar-refractivity contribution in [1.82, 2.24) is 24.2 Å². The summed E-state index contributed by atoms with van der Waals surface area (Å²) in [6.45, 7) is 11.6. The first kappa shape index (κ1) is 30.2. The van der Waals surface area contributed by atoms with Crippen molar-refractivity contribution in [3.05, 3.63) is 96.4 Å². The Morgan fingerprint density at radius 1 is 0.952 bits per heavy atom. The Balaban J connectivity index is 1.47. The van der Waals surface area contributed by atoms with Crippen molar-refractivity contribution in [2.24, 2.45) is 0 Å². The van der Waals surface area contributed by atoms with Gasteiger partial charge in [-0.05, 0) is 55.0 Å². The van der Waals surface area contributed by atoms with Crippen LogP contribution in [0.1, 0.15) is 40.2 Å². The van der Waals surface area contributed by atoms with Gasteiger partial charge in [-0.2, -0.15) is 5.10 Å². The normalized spacial score (nSPS) is 13.2. The summed E-state index contributed by atoms with van der Waals surface area (Å²) in [6.07, 6.45) is 4.78. The maximum absolute atomic E-state index is 7.20. The molecule has 1 atom stereocenters. The molecule has 220 valence electrons. The van der Waals surface area contributed by atoms with E-state index in [2.05, 4.69) is 140 Å². The Labute approximate surface area is 256 Å². The van der Waals surface area contributed by atoms with Crippen LogP contribution in [0.3, 0.4) is 0 Å². The van der Waals surface area contributed by atoms with Crippen LogP contribution in [0.25, 0.3) is 22.3 Å². The van der Waals surface area contributed by atoms with Crippen molar-refractivity contribution < 1.29 is 4.43 Å². The third kappa shape index (κ3) is 5.97. The fourth-order valence-corrected chi connectivity index (χ4v) is 10.7. The van der Waals surface area contributed by atoms with Gasteiger partial charge in [0.1, 0.15) is 10.8 Å². The van der Waals surface area contributed by atoms with Crippen molar-refractivity contribution >= 4 is 41.2 Å². The van der Waals surface area contributed by atoms with Crippen LogP contribution in [0.15, 0.2) is 91.3 Å². The SMILES string of the molecule is CC(CCO[Si](c1ccccc1)(c1ccccc1)C(C)(C)C)n1nc(-c2cccn2CCN(C)C)c2cnc(Cl)cc21. The van der Waals surface area contributed by atoms with E-state index in [9.17, 15) is 0 Å². The van der Waals surface area contributed by atoms with Crippen LogP contribution < -0.4 is 10.4 Å². The lowest BCUT2D eigenvalue weighted by Crippen LogP contribution is -2.66. The number of pyridine rings is 1. The molecule has 0 amide bonds. The summed E-state index contributed by atoms with van der Waals surface area (Å²) in [4.78, 5) is 6.61. The molecule has 1 unspecified atom stereocenters. The molecule has 3 aromatic heterocycles. The minimum atomic E-state index is -2.61. The predicted molar refractivity (Wildman–Crippen MR) is 177 cm³/mol. The van der Waals surface area contributed by atoms with Gasteiger partial charge in [0, 0.05) is 43.5 Å². The van der Waals surface area contributed by atoms with Crippen LogP contribution in [0.5, 0.6) is 0 Å². The standard InChI is InChI=1S/C34H42ClN5OSi/c1-26(19-23-41-42(34(2,3)4,27-14-9-7-10-15-27)28-16-11-8-12-17-28)40-31-24-32(35)36-25-29(31)33(37-40)30-18-13-20-39(30)22-21-38(5)6/h7-18,20,24-26H,19,21-23H2,1-6H3. The van der Waals surface area contributed by atoms with Gasteiger partial charge in [0.25, 0.3) is 8.32 Å². The molecule has 0 saturated carbocycles. The van der Waals surface area contributed by atoms with E-state index in [-0.39, 0.29) is 11.1 Å². The second kappa shape index (κ2) is 12.6. The van der Waals surface area contributed by atoms with E-state index in [0.29, 0.717) is 11.8 Å². The lowest BCUT2D eigenvalue weighted by molar-refractivity contribution is 0.265. The largest absolute Gasteiger partial charge is 0.407 e. The third-order valence-electron chi connectivity index (χ3n) is 8.11. The lowest BCUT2D eigenvalue weighted by atomic mass is 10.2. The molecule has 0 aliphatic carbocycles. The molecule has 8 heteroatoms. The van der Waals surface area contributed by atoms with Gasteiger partial charge in [0.05, 0.1) is 17.3 Å². The number of nitrogens with zero attached hydrogens (tertiary/aromatic N) is 5. The number of halogens is 1. The summed E-state index contributed by atoms with van der Waals surface area (Å²) >= 11 is 6.41. The highest BCUT2D eigenvalue weighted by atomic mass is 35.5. The van der Waals surface area contributed by atoms with Crippen molar-refractivity contribution in [3.63, 3.8) is 0 Å². The first-order chi connectivity index (χ1) is 20.1. The summed E-state index contributed by atoms with van der Waals surface area (Å²) in [5, 5.41) is 9.17. The van der Waals surface area contributed by atoms with Gasteiger partial charge in [-0.3, -0.25) is 4.68 Å². The van der Waals surface area contributed by atoms with Gasteiger partial charge in [-0.15, -0.1) is 0 Å². The molecular formula is C34H42ClN5OSi. The van der Waals surface area contributed by atoms with Crippen LogP contribution >= 0.6 is 11.6 Å². The predicted octanol–water partition coefficient (Wildman–Crippen LogP) is 6.64. The number of fused-ring (bicyclic) bond motifs is 1. The minimum Gasteiger partial charge on any atom is -0.407 e. The lowest BCUT2D eigenvalue weighted by Gasteiger charge is -2.43. The fourth-order valence-electron chi connectivity index (χ4n) is 5.93. The fraction of sp³-hybridized carbons (Fsp3) is 0.353. The smallest absolute Gasteiger partial charge is 0.261 e. The van der Waals surface area contributed by atoms with E-state index in [4.69, 9.17) is 21.1 Å². The minimum absolute atomic E-state index is 0.0678. The highest BCUT2D eigenvalue weighted by molar-refractivity contribution is 6.99. The van der Waals surface area contributed by atoms with Crippen molar-refractivity contribution in [3.8, 4) is 11.4 Å². The molecule has 2 aromatic carbocycles. The number of aromatic nitrogens is 4. The van der Waals surface area contributed by atoms with Crippen molar-refractivity contribution in [2.75, 3.05) is 27.2 Å². The Morgan fingerprint density at radius 2 is 1.60 bits per heavy atom. The molecule has 0 bridgehead atoms. The van der Waals surface area contributed by atoms with Gasteiger partial charge >= 0.3 is 0 Å². The number of likely N-dealkylation sites (N-methyl/N-ethyl adjacent to an activating group) is 1. The van der Waals surface area contributed by atoms with Crippen LogP contribution in [0.2, 0.25) is 10.2 Å². The summed E-state index contributed by atoms with van der Waals surface area (Å²) in [6, 6.07) is 27.8. The van der Waals surface area contributed by atoms with E-state index in [1.54, 1.807) is 0 Å².